The molecule has 0 bridgehead atoms. The number of hydrogen-bond acceptors (Lipinski definition) is 3. The summed E-state index contributed by atoms with van der Waals surface area (Å²) < 4.78 is 18.4. The monoisotopic (exact) mass is 353 g/mol. The van der Waals surface area contributed by atoms with Crippen LogP contribution in [0.2, 0.25) is 0 Å². The first-order valence-electron chi connectivity index (χ1n) is 8.78. The van der Waals surface area contributed by atoms with E-state index in [4.69, 9.17) is 4.74 Å². The molecule has 4 rings (SSSR count). The van der Waals surface area contributed by atoms with E-state index in [0.29, 0.717) is 12.3 Å². The van der Waals surface area contributed by atoms with Gasteiger partial charge in [0.2, 0.25) is 0 Å². The van der Waals surface area contributed by atoms with Crippen LogP contribution in [0.5, 0.6) is 5.75 Å². The number of likely N-dealkylation sites (tertiary alicyclic amines) is 1. The van der Waals surface area contributed by atoms with Gasteiger partial charge in [0, 0.05) is 48.0 Å². The zero-order valence-electron chi connectivity index (χ0n) is 14.3. The van der Waals surface area contributed by atoms with E-state index in [-0.39, 0.29) is 24.2 Å². The van der Waals surface area contributed by atoms with Crippen molar-refractivity contribution in [3.05, 3.63) is 60.3 Å². The average molecular weight is 353 g/mol. The normalized spacial score (nSPS) is 17.4. The molecule has 5 nitrogen and oxygen atoms in total. The highest BCUT2D eigenvalue weighted by Crippen LogP contribution is 2.28. The first-order valence-corrected chi connectivity index (χ1v) is 8.78. The van der Waals surface area contributed by atoms with Crippen molar-refractivity contribution in [3.63, 3.8) is 0 Å². The van der Waals surface area contributed by atoms with Crippen molar-refractivity contribution in [2.75, 3.05) is 19.7 Å². The van der Waals surface area contributed by atoms with E-state index in [1.54, 1.807) is 6.20 Å². The van der Waals surface area contributed by atoms with Crippen molar-refractivity contribution in [1.82, 2.24) is 14.9 Å². The summed E-state index contributed by atoms with van der Waals surface area (Å²) in [6, 6.07) is 9.78. The van der Waals surface area contributed by atoms with Gasteiger partial charge < -0.3 is 14.6 Å². The topological polar surface area (TPSA) is 58.2 Å². The lowest BCUT2D eigenvalue weighted by Crippen LogP contribution is -2.41. The number of carbonyl (C=O) groups excluding carboxylic acids is 1. The Morgan fingerprint density at radius 1 is 1.31 bits per heavy atom. The number of H-pyrrole nitrogens is 1. The fourth-order valence-electron chi connectivity index (χ4n) is 3.44. The number of aromatic nitrogens is 2. The molecule has 0 spiro atoms. The Kier molecular flexibility index (Phi) is 4.56. The lowest BCUT2D eigenvalue weighted by Gasteiger charge is -2.32. The molecule has 0 saturated carbocycles. The van der Waals surface area contributed by atoms with E-state index in [1.807, 2.05) is 17.2 Å². The molecule has 1 aromatic carbocycles. The van der Waals surface area contributed by atoms with Gasteiger partial charge in [0.25, 0.3) is 5.91 Å². The van der Waals surface area contributed by atoms with Crippen LogP contribution in [-0.2, 0) is 4.79 Å². The lowest BCUT2D eigenvalue weighted by molar-refractivity contribution is -0.134. The van der Waals surface area contributed by atoms with Gasteiger partial charge in [-0.15, -0.1) is 0 Å². The first-order chi connectivity index (χ1) is 12.7. The van der Waals surface area contributed by atoms with Crippen molar-refractivity contribution in [3.8, 4) is 5.75 Å². The summed E-state index contributed by atoms with van der Waals surface area (Å²) in [6.07, 6.45) is 5.62. The van der Waals surface area contributed by atoms with Crippen molar-refractivity contribution in [2.45, 2.75) is 18.8 Å². The second-order valence-corrected chi connectivity index (χ2v) is 6.61. The third kappa shape index (κ3) is 3.54. The quantitative estimate of drug-likeness (QED) is 0.781. The van der Waals surface area contributed by atoms with Crippen LogP contribution in [-0.4, -0.2) is 40.5 Å². The summed E-state index contributed by atoms with van der Waals surface area (Å²) in [5, 5.41) is 1.09. The highest BCUT2D eigenvalue weighted by atomic mass is 19.1. The number of fused-ring (bicyclic) bond motifs is 1. The summed E-state index contributed by atoms with van der Waals surface area (Å²) >= 11 is 0. The molecule has 1 amide bonds. The van der Waals surface area contributed by atoms with Gasteiger partial charge in [-0.1, -0.05) is 0 Å². The number of carbonyl (C=O) groups is 1. The maximum atomic E-state index is 12.9. The number of nitrogens with one attached hydrogen (secondary N) is 1. The Labute approximate surface area is 150 Å². The summed E-state index contributed by atoms with van der Waals surface area (Å²) in [4.78, 5) is 21.9. The number of benzene rings is 1. The zero-order valence-corrected chi connectivity index (χ0v) is 14.3. The summed E-state index contributed by atoms with van der Waals surface area (Å²) in [5.74, 6) is 0.412. The Morgan fingerprint density at radius 2 is 2.15 bits per heavy atom. The Morgan fingerprint density at radius 3 is 2.96 bits per heavy atom. The average Bonchev–Trinajstić information content (AvgIpc) is 3.12. The van der Waals surface area contributed by atoms with Gasteiger partial charge in [0.05, 0.1) is 0 Å². The number of aromatic amines is 1. The molecule has 26 heavy (non-hydrogen) atoms. The first kappa shape index (κ1) is 16.6. The van der Waals surface area contributed by atoms with E-state index < -0.39 is 0 Å². The van der Waals surface area contributed by atoms with Crippen LogP contribution in [0, 0.1) is 5.82 Å². The van der Waals surface area contributed by atoms with E-state index in [1.165, 1.54) is 24.3 Å². The number of rotatable bonds is 4. The maximum Gasteiger partial charge on any atom is 0.260 e. The van der Waals surface area contributed by atoms with Crippen LogP contribution >= 0.6 is 0 Å². The molecule has 3 heterocycles. The SMILES string of the molecule is O=C(COc1ccc(F)cc1)N1CCCC(c2cc3cnccc3[nH]2)C1. The van der Waals surface area contributed by atoms with Crippen molar-refractivity contribution in [1.29, 1.82) is 0 Å². The van der Waals surface area contributed by atoms with E-state index >= 15 is 0 Å². The predicted octanol–water partition coefficient (Wildman–Crippen LogP) is 3.49. The van der Waals surface area contributed by atoms with Gasteiger partial charge in [-0.3, -0.25) is 9.78 Å². The zero-order chi connectivity index (χ0) is 17.9. The molecule has 1 saturated heterocycles. The minimum absolute atomic E-state index is 0.0328. The number of piperidine rings is 1. The highest BCUT2D eigenvalue weighted by molar-refractivity contribution is 5.80. The number of halogens is 1. The molecule has 1 unspecified atom stereocenters. The number of hydrogen-bond donors (Lipinski definition) is 1. The number of ether oxygens (including phenoxy) is 1. The van der Waals surface area contributed by atoms with Gasteiger partial charge >= 0.3 is 0 Å². The fraction of sp³-hybridized carbons (Fsp3) is 0.300. The molecule has 0 aliphatic carbocycles. The molecular formula is C20H20FN3O2. The molecule has 1 aliphatic rings. The number of pyridine rings is 1. The molecule has 3 aromatic rings. The molecule has 1 N–H and O–H groups in total. The van der Waals surface area contributed by atoms with Gasteiger partial charge in [0.15, 0.2) is 6.61 Å². The number of nitrogens with zero attached hydrogens (tertiary/aromatic N) is 2. The van der Waals surface area contributed by atoms with E-state index in [0.717, 1.165) is 36.0 Å². The van der Waals surface area contributed by atoms with Crippen molar-refractivity contribution < 1.29 is 13.9 Å². The third-order valence-electron chi connectivity index (χ3n) is 4.83. The summed E-state index contributed by atoms with van der Waals surface area (Å²) in [6.45, 7) is 1.38. The second kappa shape index (κ2) is 7.15. The van der Waals surface area contributed by atoms with Crippen molar-refractivity contribution in [2.24, 2.45) is 0 Å². The molecule has 1 fully saturated rings. The van der Waals surface area contributed by atoms with Crippen LogP contribution in [0.25, 0.3) is 10.9 Å². The Bertz CT molecular complexity index is 874. The molecule has 134 valence electrons. The Hall–Kier alpha value is -2.89. The molecule has 6 heteroatoms. The second-order valence-electron chi connectivity index (χ2n) is 6.61. The largest absolute Gasteiger partial charge is 0.484 e. The third-order valence-corrected chi connectivity index (χ3v) is 4.83. The summed E-state index contributed by atoms with van der Waals surface area (Å²) in [5.41, 5.74) is 2.21. The molecule has 2 aromatic heterocycles. The van der Waals surface area contributed by atoms with Crippen LogP contribution < -0.4 is 4.74 Å². The number of amides is 1. The molecule has 1 aliphatic heterocycles. The van der Waals surface area contributed by atoms with Gasteiger partial charge in [-0.25, -0.2) is 4.39 Å². The summed E-state index contributed by atoms with van der Waals surface area (Å²) in [7, 11) is 0. The maximum absolute atomic E-state index is 12.9. The minimum atomic E-state index is -0.323. The van der Waals surface area contributed by atoms with Crippen LogP contribution in [0.15, 0.2) is 48.8 Å². The van der Waals surface area contributed by atoms with Gasteiger partial charge in [-0.05, 0) is 49.2 Å². The van der Waals surface area contributed by atoms with E-state index in [9.17, 15) is 9.18 Å². The smallest absolute Gasteiger partial charge is 0.260 e. The van der Waals surface area contributed by atoms with E-state index in [2.05, 4.69) is 16.0 Å². The van der Waals surface area contributed by atoms with Crippen LogP contribution in [0.4, 0.5) is 4.39 Å². The van der Waals surface area contributed by atoms with Crippen molar-refractivity contribution >= 4 is 16.8 Å². The van der Waals surface area contributed by atoms with Crippen LogP contribution in [0.3, 0.4) is 0 Å². The Balaban J connectivity index is 1.39. The predicted molar refractivity (Wildman–Crippen MR) is 96.5 cm³/mol. The minimum Gasteiger partial charge on any atom is -0.484 e. The molecule has 0 radical (unpaired) electrons. The lowest BCUT2D eigenvalue weighted by atomic mass is 9.95. The molecule has 1 atom stereocenters. The van der Waals surface area contributed by atoms with Gasteiger partial charge in [0.1, 0.15) is 11.6 Å². The molecular weight excluding hydrogens is 333 g/mol. The standard InChI is InChI=1S/C20H20FN3O2/c21-16-3-5-17(6-4-16)26-13-20(25)24-9-1-2-14(12-24)19-10-15-11-22-8-7-18(15)23-19/h3-8,10-11,14,23H,1-2,9,12-13H2. The highest BCUT2D eigenvalue weighted by Gasteiger charge is 2.26. The fourth-order valence-corrected chi connectivity index (χ4v) is 3.44. The van der Waals surface area contributed by atoms with Crippen LogP contribution in [0.1, 0.15) is 24.5 Å². The van der Waals surface area contributed by atoms with Gasteiger partial charge in [-0.2, -0.15) is 0 Å².